The third-order valence-electron chi connectivity index (χ3n) is 6.84. The largest absolute Gasteiger partial charge is 0.454 e. The van der Waals surface area contributed by atoms with Gasteiger partial charge in [0.25, 0.3) is 0 Å². The van der Waals surface area contributed by atoms with Crippen LogP contribution in [0, 0.1) is 10.1 Å². The highest BCUT2D eigenvalue weighted by Crippen LogP contribution is 2.33. The highest BCUT2D eigenvalue weighted by molar-refractivity contribution is 6.76. The first-order chi connectivity index (χ1) is 18.6. The fraction of sp³-hybridized carbons (Fsp3) is 0.345. The highest BCUT2D eigenvalue weighted by atomic mass is 28.3. The second kappa shape index (κ2) is 10.7. The van der Waals surface area contributed by atoms with Gasteiger partial charge in [0, 0.05) is 43.3 Å². The maximum atomic E-state index is 11.6. The zero-order chi connectivity index (χ0) is 27.6. The SMILES string of the molecule is CC1([N+](=O)[O-])C=CC=C(Nc2ccc3c(C=Cc4ccc5c(c4)OCO5)nn(COCC[Si](C)(C)C)c3c2)C1. The van der Waals surface area contributed by atoms with Gasteiger partial charge < -0.3 is 19.5 Å². The molecular weight excluding hydrogens is 512 g/mol. The Labute approximate surface area is 228 Å². The predicted octanol–water partition coefficient (Wildman–Crippen LogP) is 6.54. The lowest BCUT2D eigenvalue weighted by Gasteiger charge is -2.22. The van der Waals surface area contributed by atoms with Gasteiger partial charge in [-0.15, -0.1) is 0 Å². The standard InChI is InChI=1S/C29H34N4O5Si/c1-29(33(34)35)13-5-6-23(18-29)30-22-9-10-24-25(11-7-21-8-12-27-28(16-21)38-20-37-27)31-32(26(24)17-22)19-36-14-15-39(2,3)4/h5-13,16-17,30H,14-15,18-20H2,1-4H3. The van der Waals surface area contributed by atoms with Crippen molar-refractivity contribution in [2.24, 2.45) is 0 Å². The van der Waals surface area contributed by atoms with Crippen LogP contribution in [0.25, 0.3) is 23.1 Å². The summed E-state index contributed by atoms with van der Waals surface area (Å²) in [7, 11) is -1.21. The molecule has 2 aliphatic rings. The zero-order valence-electron chi connectivity index (χ0n) is 22.8. The first kappa shape index (κ1) is 26.7. The second-order valence-corrected chi connectivity index (χ2v) is 17.0. The van der Waals surface area contributed by atoms with Crippen LogP contribution in [0.3, 0.4) is 0 Å². The number of rotatable bonds is 10. The maximum Gasteiger partial charge on any atom is 0.243 e. The molecule has 0 saturated heterocycles. The van der Waals surface area contributed by atoms with Crippen LogP contribution in [0.5, 0.6) is 11.5 Å². The molecule has 1 atom stereocenters. The second-order valence-electron chi connectivity index (χ2n) is 11.4. The molecule has 204 valence electrons. The van der Waals surface area contributed by atoms with Crippen molar-refractivity contribution in [2.75, 3.05) is 18.7 Å². The van der Waals surface area contributed by atoms with Gasteiger partial charge in [0.1, 0.15) is 6.73 Å². The number of nitrogens with one attached hydrogen (secondary N) is 1. The van der Waals surface area contributed by atoms with Crippen molar-refractivity contribution >= 4 is 36.8 Å². The minimum absolute atomic E-state index is 0.240. The summed E-state index contributed by atoms with van der Waals surface area (Å²) in [5.74, 6) is 1.48. The monoisotopic (exact) mass is 546 g/mol. The molecule has 0 fully saturated rings. The molecule has 1 aliphatic heterocycles. The van der Waals surface area contributed by atoms with Gasteiger partial charge in [0.2, 0.25) is 12.3 Å². The molecule has 1 aromatic heterocycles. The average Bonchev–Trinajstić information content (AvgIpc) is 3.49. The number of ether oxygens (including phenoxy) is 3. The molecule has 10 heteroatoms. The number of hydrogen-bond acceptors (Lipinski definition) is 7. The normalized spacial score (nSPS) is 18.6. The number of benzene rings is 2. The third kappa shape index (κ3) is 6.23. The van der Waals surface area contributed by atoms with Crippen molar-refractivity contribution in [3.63, 3.8) is 0 Å². The van der Waals surface area contributed by atoms with Crippen molar-refractivity contribution in [2.45, 2.75) is 51.3 Å². The van der Waals surface area contributed by atoms with Gasteiger partial charge in [-0.1, -0.05) is 37.9 Å². The van der Waals surface area contributed by atoms with Crippen LogP contribution in [0.15, 0.2) is 60.3 Å². The summed E-state index contributed by atoms with van der Waals surface area (Å²) in [6.07, 6.45) is 9.53. The van der Waals surface area contributed by atoms with E-state index in [0.717, 1.165) is 51.1 Å². The third-order valence-corrected chi connectivity index (χ3v) is 8.55. The summed E-state index contributed by atoms with van der Waals surface area (Å²) >= 11 is 0. The number of nitrogens with zero attached hydrogens (tertiary/aromatic N) is 3. The number of allylic oxidation sites excluding steroid dienone is 2. The van der Waals surface area contributed by atoms with E-state index in [9.17, 15) is 10.1 Å². The first-order valence-corrected chi connectivity index (χ1v) is 16.8. The van der Waals surface area contributed by atoms with E-state index in [0.29, 0.717) is 13.3 Å². The number of anilines is 1. The van der Waals surface area contributed by atoms with Gasteiger partial charge in [-0.2, -0.15) is 5.10 Å². The maximum absolute atomic E-state index is 11.6. The summed E-state index contributed by atoms with van der Waals surface area (Å²) in [5.41, 5.74) is 3.23. The Morgan fingerprint density at radius 2 is 2.00 bits per heavy atom. The average molecular weight is 547 g/mol. The van der Waals surface area contributed by atoms with Gasteiger partial charge in [-0.05, 0) is 60.2 Å². The molecule has 0 bridgehead atoms. The molecule has 9 nitrogen and oxygen atoms in total. The van der Waals surface area contributed by atoms with Crippen LogP contribution in [-0.4, -0.2) is 41.7 Å². The number of fused-ring (bicyclic) bond motifs is 2. The molecule has 1 unspecified atom stereocenters. The lowest BCUT2D eigenvalue weighted by Crippen LogP contribution is -2.35. The highest BCUT2D eigenvalue weighted by Gasteiger charge is 2.36. The minimum Gasteiger partial charge on any atom is -0.454 e. The molecule has 0 amide bonds. The van der Waals surface area contributed by atoms with Crippen LogP contribution in [0.2, 0.25) is 25.7 Å². The molecule has 0 radical (unpaired) electrons. The van der Waals surface area contributed by atoms with Crippen LogP contribution >= 0.6 is 0 Å². The van der Waals surface area contributed by atoms with E-state index >= 15 is 0 Å². The molecule has 2 heterocycles. The van der Waals surface area contributed by atoms with Gasteiger partial charge in [-0.3, -0.25) is 10.1 Å². The molecular formula is C29H34N4O5Si. The van der Waals surface area contributed by atoms with Gasteiger partial charge in [0.05, 0.1) is 17.6 Å². The quantitative estimate of drug-likeness (QED) is 0.133. The lowest BCUT2D eigenvalue weighted by molar-refractivity contribution is -0.550. The van der Waals surface area contributed by atoms with Crippen LogP contribution in [0.1, 0.15) is 24.6 Å². The van der Waals surface area contributed by atoms with Gasteiger partial charge in [-0.25, -0.2) is 4.68 Å². The van der Waals surface area contributed by atoms with E-state index in [-0.39, 0.29) is 18.1 Å². The fourth-order valence-corrected chi connectivity index (χ4v) is 5.25. The molecule has 1 N–H and O–H groups in total. The summed E-state index contributed by atoms with van der Waals surface area (Å²) < 4.78 is 18.8. The van der Waals surface area contributed by atoms with Crippen molar-refractivity contribution < 1.29 is 19.1 Å². The summed E-state index contributed by atoms with van der Waals surface area (Å²) in [5, 5.41) is 20.8. The summed E-state index contributed by atoms with van der Waals surface area (Å²) in [4.78, 5) is 11.3. The smallest absolute Gasteiger partial charge is 0.243 e. The van der Waals surface area contributed by atoms with Gasteiger partial charge >= 0.3 is 0 Å². The number of nitro groups is 1. The van der Waals surface area contributed by atoms with E-state index in [2.05, 4.69) is 25.0 Å². The predicted molar refractivity (Wildman–Crippen MR) is 156 cm³/mol. The van der Waals surface area contributed by atoms with E-state index in [1.807, 2.05) is 59.3 Å². The Morgan fingerprint density at radius 1 is 1.18 bits per heavy atom. The topological polar surface area (TPSA) is 101 Å². The molecule has 0 spiro atoms. The number of aromatic nitrogens is 2. The molecule has 39 heavy (non-hydrogen) atoms. The van der Waals surface area contributed by atoms with E-state index < -0.39 is 13.6 Å². The number of hydrogen-bond donors (Lipinski definition) is 1. The minimum atomic E-state index is -1.21. The first-order valence-electron chi connectivity index (χ1n) is 13.1. The van der Waals surface area contributed by atoms with Crippen molar-refractivity contribution in [3.05, 3.63) is 81.7 Å². The molecule has 1 aliphatic carbocycles. The molecule has 3 aromatic rings. The Kier molecular flexibility index (Phi) is 7.33. The van der Waals surface area contributed by atoms with Gasteiger partial charge in [0.15, 0.2) is 11.5 Å². The van der Waals surface area contributed by atoms with E-state index in [1.165, 1.54) is 0 Å². The Hall–Kier alpha value is -3.89. The van der Waals surface area contributed by atoms with Crippen LogP contribution < -0.4 is 14.8 Å². The Morgan fingerprint density at radius 3 is 2.79 bits per heavy atom. The van der Waals surface area contributed by atoms with E-state index in [4.69, 9.17) is 19.3 Å². The summed E-state index contributed by atoms with van der Waals surface area (Å²) in [6, 6.07) is 12.9. The Balaban J connectivity index is 1.41. The fourth-order valence-electron chi connectivity index (χ4n) is 4.49. The van der Waals surface area contributed by atoms with Crippen LogP contribution in [-0.2, 0) is 11.5 Å². The zero-order valence-corrected chi connectivity index (χ0v) is 23.8. The van der Waals surface area contributed by atoms with Crippen molar-refractivity contribution in [3.8, 4) is 11.5 Å². The lowest BCUT2D eigenvalue weighted by atomic mass is 9.92. The van der Waals surface area contributed by atoms with Crippen molar-refractivity contribution in [1.82, 2.24) is 9.78 Å². The van der Waals surface area contributed by atoms with Crippen LogP contribution in [0.4, 0.5) is 5.69 Å². The molecule has 2 aromatic carbocycles. The molecule has 0 saturated carbocycles. The van der Waals surface area contributed by atoms with Crippen molar-refractivity contribution in [1.29, 1.82) is 0 Å². The molecule has 5 rings (SSSR count). The summed E-state index contributed by atoms with van der Waals surface area (Å²) in [6.45, 7) is 9.89. The van der Waals surface area contributed by atoms with E-state index in [1.54, 1.807) is 19.1 Å². The Bertz CT molecular complexity index is 1490.